The van der Waals surface area contributed by atoms with Gasteiger partial charge in [0.05, 0.1) is 11.0 Å². The molecule has 0 atom stereocenters. The van der Waals surface area contributed by atoms with E-state index in [-0.39, 0.29) is 10.6 Å². The van der Waals surface area contributed by atoms with Crippen molar-refractivity contribution in [3.05, 3.63) is 69.8 Å². The van der Waals surface area contributed by atoms with Crippen molar-refractivity contribution in [3.8, 4) is 5.75 Å². The van der Waals surface area contributed by atoms with E-state index in [1.165, 1.54) is 6.07 Å². The first-order chi connectivity index (χ1) is 10.7. The number of rotatable bonds is 7. The molecule has 0 spiro atoms. The van der Waals surface area contributed by atoms with Gasteiger partial charge in [-0.3, -0.25) is 10.1 Å². The number of nitro benzene ring substituents is 1. The van der Waals surface area contributed by atoms with Gasteiger partial charge in [0, 0.05) is 6.07 Å². The number of nitrogens with zero attached hydrogens (tertiary/aromatic N) is 1. The second-order valence-electron chi connectivity index (χ2n) is 5.27. The quantitative estimate of drug-likeness (QED) is 0.529. The molecule has 0 aliphatic rings. The van der Waals surface area contributed by atoms with E-state index >= 15 is 0 Å². The van der Waals surface area contributed by atoms with Gasteiger partial charge < -0.3 is 4.74 Å². The van der Waals surface area contributed by atoms with Crippen LogP contribution < -0.4 is 4.74 Å². The summed E-state index contributed by atoms with van der Waals surface area (Å²) in [5.41, 5.74) is 2.16. The molecule has 0 aliphatic carbocycles. The van der Waals surface area contributed by atoms with Gasteiger partial charge in [-0.25, -0.2) is 0 Å². The van der Waals surface area contributed by atoms with Crippen molar-refractivity contribution < 1.29 is 9.66 Å². The Labute approximate surface area is 130 Å². The first kappa shape index (κ1) is 16.0. The van der Waals surface area contributed by atoms with Crippen LogP contribution in [0.1, 0.15) is 43.7 Å². The number of benzene rings is 2. The Kier molecular flexibility index (Phi) is 5.53. The molecule has 2 aromatic carbocycles. The molecule has 0 radical (unpaired) electrons. The smallest absolute Gasteiger partial charge is 0.273 e. The Hall–Kier alpha value is -2.36. The van der Waals surface area contributed by atoms with E-state index in [4.69, 9.17) is 4.74 Å². The van der Waals surface area contributed by atoms with Gasteiger partial charge in [0.15, 0.2) is 0 Å². The summed E-state index contributed by atoms with van der Waals surface area (Å²) in [6.07, 6.45) is 1.96. The predicted molar refractivity (Wildman–Crippen MR) is 87.2 cm³/mol. The minimum atomic E-state index is -0.383. The summed E-state index contributed by atoms with van der Waals surface area (Å²) in [6.45, 7) is 4.66. The lowest BCUT2D eigenvalue weighted by atomic mass is 9.93. The Morgan fingerprint density at radius 1 is 1.09 bits per heavy atom. The van der Waals surface area contributed by atoms with E-state index in [0.29, 0.717) is 18.3 Å². The Balaban J connectivity index is 2.28. The van der Waals surface area contributed by atoms with Crippen molar-refractivity contribution in [1.29, 1.82) is 0 Å². The summed E-state index contributed by atoms with van der Waals surface area (Å²) in [7, 11) is 0. The number of nitro groups is 1. The molecule has 4 nitrogen and oxygen atoms in total. The van der Waals surface area contributed by atoms with Gasteiger partial charge >= 0.3 is 0 Å². The van der Waals surface area contributed by atoms with Crippen LogP contribution in [0.5, 0.6) is 5.75 Å². The zero-order chi connectivity index (χ0) is 15.9. The maximum absolute atomic E-state index is 11.0. The zero-order valence-corrected chi connectivity index (χ0v) is 13.0. The highest BCUT2D eigenvalue weighted by Gasteiger charge is 2.17. The normalized spacial score (nSPS) is 10.7. The molecule has 0 aromatic heterocycles. The summed E-state index contributed by atoms with van der Waals surface area (Å²) >= 11 is 0. The number of non-ortho nitro benzene ring substituents is 1. The van der Waals surface area contributed by atoms with Crippen molar-refractivity contribution in [2.24, 2.45) is 0 Å². The molecule has 0 bridgehead atoms. The second kappa shape index (κ2) is 7.59. The highest BCUT2D eigenvalue weighted by Crippen LogP contribution is 2.34. The second-order valence-corrected chi connectivity index (χ2v) is 5.27. The zero-order valence-electron chi connectivity index (χ0n) is 13.0. The topological polar surface area (TPSA) is 52.4 Å². The van der Waals surface area contributed by atoms with E-state index in [1.54, 1.807) is 6.07 Å². The highest BCUT2D eigenvalue weighted by molar-refractivity contribution is 5.46. The Bertz CT molecular complexity index is 621. The Morgan fingerprint density at radius 2 is 1.77 bits per heavy atom. The van der Waals surface area contributed by atoms with E-state index in [1.807, 2.05) is 36.4 Å². The molecular formula is C18H21NO3. The predicted octanol–water partition coefficient (Wildman–Crippen LogP) is 5.08. The van der Waals surface area contributed by atoms with Gasteiger partial charge in [-0.2, -0.15) is 0 Å². The number of hydrogen-bond donors (Lipinski definition) is 0. The molecule has 0 aliphatic heterocycles. The minimum absolute atomic E-state index is 0.0674. The van der Waals surface area contributed by atoms with Crippen molar-refractivity contribution in [2.75, 3.05) is 0 Å². The van der Waals surface area contributed by atoms with Crippen LogP contribution in [0.3, 0.4) is 0 Å². The highest BCUT2D eigenvalue weighted by atomic mass is 16.6. The molecular weight excluding hydrogens is 278 g/mol. The summed E-state index contributed by atoms with van der Waals surface area (Å²) in [6, 6.07) is 14.7. The molecule has 0 fully saturated rings. The fourth-order valence-electron chi connectivity index (χ4n) is 2.56. The van der Waals surface area contributed by atoms with E-state index in [9.17, 15) is 10.1 Å². The van der Waals surface area contributed by atoms with Crippen molar-refractivity contribution in [1.82, 2.24) is 0 Å². The van der Waals surface area contributed by atoms with E-state index in [2.05, 4.69) is 13.8 Å². The molecule has 0 saturated heterocycles. The third-order valence-electron chi connectivity index (χ3n) is 3.87. The monoisotopic (exact) mass is 299 g/mol. The van der Waals surface area contributed by atoms with Crippen LogP contribution in [0.2, 0.25) is 0 Å². The molecule has 0 heterocycles. The van der Waals surface area contributed by atoms with Gasteiger partial charge in [-0.15, -0.1) is 0 Å². The van der Waals surface area contributed by atoms with Crippen LogP contribution in [-0.2, 0) is 6.61 Å². The van der Waals surface area contributed by atoms with E-state index in [0.717, 1.165) is 24.0 Å². The molecule has 0 unspecified atom stereocenters. The Morgan fingerprint density at radius 3 is 2.36 bits per heavy atom. The van der Waals surface area contributed by atoms with Crippen molar-refractivity contribution in [2.45, 2.75) is 39.2 Å². The number of ether oxygens (including phenoxy) is 1. The van der Waals surface area contributed by atoms with Gasteiger partial charge in [0.25, 0.3) is 5.69 Å². The lowest BCUT2D eigenvalue weighted by Crippen LogP contribution is -2.03. The van der Waals surface area contributed by atoms with Gasteiger partial charge in [-0.05, 0) is 36.0 Å². The van der Waals surface area contributed by atoms with Crippen molar-refractivity contribution in [3.63, 3.8) is 0 Å². The maximum Gasteiger partial charge on any atom is 0.273 e. The van der Waals surface area contributed by atoms with Gasteiger partial charge in [-0.1, -0.05) is 44.2 Å². The molecule has 4 heteroatoms. The van der Waals surface area contributed by atoms with Crippen molar-refractivity contribution >= 4 is 5.69 Å². The third kappa shape index (κ3) is 3.85. The van der Waals surface area contributed by atoms with Crippen LogP contribution in [0, 0.1) is 10.1 Å². The summed E-state index contributed by atoms with van der Waals surface area (Å²) < 4.78 is 5.89. The first-order valence-electron chi connectivity index (χ1n) is 7.60. The average Bonchev–Trinajstić information content (AvgIpc) is 2.55. The summed E-state index contributed by atoms with van der Waals surface area (Å²) in [5.74, 6) is 0.971. The molecule has 2 aromatic rings. The fraction of sp³-hybridized carbons (Fsp3) is 0.333. The molecule has 22 heavy (non-hydrogen) atoms. The number of hydrogen-bond acceptors (Lipinski definition) is 3. The van der Waals surface area contributed by atoms with Crippen LogP contribution >= 0.6 is 0 Å². The molecule has 116 valence electrons. The first-order valence-corrected chi connectivity index (χ1v) is 7.60. The largest absolute Gasteiger partial charge is 0.488 e. The SMILES string of the molecule is CCC(CC)c1ccc([N+](=O)[O-])cc1OCc1ccccc1. The lowest BCUT2D eigenvalue weighted by molar-refractivity contribution is -0.385. The molecule has 0 N–H and O–H groups in total. The van der Waals surface area contributed by atoms with Crippen LogP contribution in [0.4, 0.5) is 5.69 Å². The minimum Gasteiger partial charge on any atom is -0.488 e. The summed E-state index contributed by atoms with van der Waals surface area (Å²) in [4.78, 5) is 10.6. The molecule has 0 amide bonds. The fourth-order valence-corrected chi connectivity index (χ4v) is 2.56. The van der Waals surface area contributed by atoms with Crippen LogP contribution in [0.15, 0.2) is 48.5 Å². The standard InChI is InChI=1S/C18H21NO3/c1-3-15(4-2)17-11-10-16(19(20)21)12-18(17)22-13-14-8-6-5-7-9-14/h5-12,15H,3-4,13H2,1-2H3. The molecule has 0 saturated carbocycles. The van der Waals surface area contributed by atoms with Gasteiger partial charge in [0.2, 0.25) is 0 Å². The third-order valence-corrected chi connectivity index (χ3v) is 3.87. The average molecular weight is 299 g/mol. The van der Waals surface area contributed by atoms with Crippen LogP contribution in [0.25, 0.3) is 0 Å². The van der Waals surface area contributed by atoms with E-state index < -0.39 is 0 Å². The lowest BCUT2D eigenvalue weighted by Gasteiger charge is -2.18. The molecule has 2 rings (SSSR count). The summed E-state index contributed by atoms with van der Waals surface area (Å²) in [5, 5.41) is 11.0. The maximum atomic E-state index is 11.0. The van der Waals surface area contributed by atoms with Crippen LogP contribution in [-0.4, -0.2) is 4.92 Å². The van der Waals surface area contributed by atoms with Gasteiger partial charge in [0.1, 0.15) is 12.4 Å².